The average molecular weight is 200 g/mol. The Morgan fingerprint density at radius 2 is 2.00 bits per heavy atom. The zero-order chi connectivity index (χ0) is 9.84. The third-order valence-corrected chi connectivity index (χ3v) is 2.29. The Morgan fingerprint density at radius 1 is 1.38 bits per heavy atom. The number of nitrogens with two attached hydrogens (primary N) is 1. The Balaban J connectivity index is 2.97. The highest BCUT2D eigenvalue weighted by Gasteiger charge is 2.17. The van der Waals surface area contributed by atoms with Crippen molar-refractivity contribution in [3.05, 3.63) is 34.9 Å². The van der Waals surface area contributed by atoms with Crippen molar-refractivity contribution >= 4 is 11.6 Å². The maximum absolute atomic E-state index is 6.01. The van der Waals surface area contributed by atoms with E-state index < -0.39 is 0 Å². The highest BCUT2D eigenvalue weighted by atomic mass is 35.5. The normalized spacial score (nSPS) is 15.4. The first-order valence-electron chi connectivity index (χ1n) is 4.19. The summed E-state index contributed by atoms with van der Waals surface area (Å²) in [6.07, 6.45) is -0.131. The molecule has 1 rings (SSSR count). The van der Waals surface area contributed by atoms with Gasteiger partial charge in [0.15, 0.2) is 0 Å². The summed E-state index contributed by atoms with van der Waals surface area (Å²) in [6, 6.07) is 7.52. The van der Waals surface area contributed by atoms with E-state index in [0.717, 1.165) is 5.56 Å². The van der Waals surface area contributed by atoms with Gasteiger partial charge >= 0.3 is 0 Å². The lowest BCUT2D eigenvalue weighted by atomic mass is 10.0. The Morgan fingerprint density at radius 3 is 2.46 bits per heavy atom. The van der Waals surface area contributed by atoms with Gasteiger partial charge < -0.3 is 10.5 Å². The fraction of sp³-hybridized carbons (Fsp3) is 0.400. The molecule has 0 spiro atoms. The van der Waals surface area contributed by atoms with Crippen molar-refractivity contribution in [3.8, 4) is 0 Å². The van der Waals surface area contributed by atoms with Gasteiger partial charge in [-0.15, -0.1) is 0 Å². The van der Waals surface area contributed by atoms with Gasteiger partial charge in [0.05, 0.1) is 6.10 Å². The highest BCUT2D eigenvalue weighted by molar-refractivity contribution is 6.31. The van der Waals surface area contributed by atoms with Crippen LogP contribution in [0.15, 0.2) is 24.3 Å². The second-order valence-corrected chi connectivity index (χ2v) is 3.44. The third kappa shape index (κ3) is 2.44. The van der Waals surface area contributed by atoms with E-state index in [1.807, 2.05) is 31.2 Å². The maximum atomic E-state index is 6.01. The minimum absolute atomic E-state index is 0.0649. The topological polar surface area (TPSA) is 35.2 Å². The van der Waals surface area contributed by atoms with Crippen LogP contribution in [0.1, 0.15) is 18.6 Å². The minimum Gasteiger partial charge on any atom is -0.375 e. The summed E-state index contributed by atoms with van der Waals surface area (Å²) in [5.41, 5.74) is 6.71. The standard InChI is InChI=1S/C10H14ClNO/c1-7(12)10(13-2)8-5-3-4-6-9(8)11/h3-7,10H,12H2,1-2H3/t7-,10-/m1/s1. The number of hydrogen-bond acceptors (Lipinski definition) is 2. The van der Waals surface area contributed by atoms with Gasteiger partial charge in [0, 0.05) is 23.7 Å². The molecule has 2 nitrogen and oxygen atoms in total. The largest absolute Gasteiger partial charge is 0.375 e. The first-order chi connectivity index (χ1) is 6.16. The Kier molecular flexibility index (Phi) is 3.72. The molecule has 0 saturated carbocycles. The van der Waals surface area contributed by atoms with Gasteiger partial charge in [-0.3, -0.25) is 0 Å². The smallest absolute Gasteiger partial charge is 0.0983 e. The fourth-order valence-electron chi connectivity index (χ4n) is 1.33. The molecule has 3 heteroatoms. The second kappa shape index (κ2) is 4.61. The van der Waals surface area contributed by atoms with Gasteiger partial charge in [-0.2, -0.15) is 0 Å². The van der Waals surface area contributed by atoms with Crippen molar-refractivity contribution in [2.45, 2.75) is 19.1 Å². The molecule has 0 fully saturated rings. The van der Waals surface area contributed by atoms with E-state index in [0.29, 0.717) is 5.02 Å². The maximum Gasteiger partial charge on any atom is 0.0983 e. The summed E-state index contributed by atoms with van der Waals surface area (Å²) in [7, 11) is 1.64. The molecule has 0 heterocycles. The van der Waals surface area contributed by atoms with Crippen LogP contribution in [-0.2, 0) is 4.74 Å². The molecule has 0 bridgehead atoms. The summed E-state index contributed by atoms with van der Waals surface area (Å²) in [6.45, 7) is 1.90. The van der Waals surface area contributed by atoms with E-state index in [4.69, 9.17) is 22.1 Å². The van der Waals surface area contributed by atoms with Gasteiger partial charge in [0.1, 0.15) is 0 Å². The Labute approximate surface area is 83.6 Å². The first-order valence-corrected chi connectivity index (χ1v) is 4.57. The predicted molar refractivity (Wildman–Crippen MR) is 54.9 cm³/mol. The van der Waals surface area contributed by atoms with Crippen LogP contribution in [0.3, 0.4) is 0 Å². The van der Waals surface area contributed by atoms with Crippen LogP contribution in [0, 0.1) is 0 Å². The molecule has 2 N–H and O–H groups in total. The number of benzene rings is 1. The van der Waals surface area contributed by atoms with Crippen molar-refractivity contribution in [2.24, 2.45) is 5.73 Å². The number of hydrogen-bond donors (Lipinski definition) is 1. The summed E-state index contributed by atoms with van der Waals surface area (Å²) in [4.78, 5) is 0. The van der Waals surface area contributed by atoms with Crippen LogP contribution in [0.2, 0.25) is 5.02 Å². The SMILES string of the molecule is CO[C@@H](c1ccccc1Cl)[C@@H](C)N. The zero-order valence-corrected chi connectivity index (χ0v) is 8.58. The van der Waals surface area contributed by atoms with E-state index in [1.54, 1.807) is 7.11 Å². The number of rotatable bonds is 3. The molecule has 1 aromatic carbocycles. The van der Waals surface area contributed by atoms with E-state index in [9.17, 15) is 0 Å². The molecular weight excluding hydrogens is 186 g/mol. The number of methoxy groups -OCH3 is 1. The van der Waals surface area contributed by atoms with Gasteiger partial charge in [-0.05, 0) is 13.0 Å². The number of ether oxygens (including phenoxy) is 1. The summed E-state index contributed by atoms with van der Waals surface area (Å²) >= 11 is 6.01. The van der Waals surface area contributed by atoms with Crippen molar-refractivity contribution in [2.75, 3.05) is 7.11 Å². The molecule has 0 unspecified atom stereocenters. The lowest BCUT2D eigenvalue weighted by Gasteiger charge is -2.20. The van der Waals surface area contributed by atoms with Crippen LogP contribution in [0.4, 0.5) is 0 Å². The molecule has 0 aliphatic heterocycles. The molecule has 0 saturated heterocycles. The van der Waals surface area contributed by atoms with Crippen molar-refractivity contribution in [3.63, 3.8) is 0 Å². The van der Waals surface area contributed by atoms with Crippen molar-refractivity contribution in [1.29, 1.82) is 0 Å². The average Bonchev–Trinajstić information content (AvgIpc) is 2.09. The van der Waals surface area contributed by atoms with Crippen LogP contribution >= 0.6 is 11.6 Å². The monoisotopic (exact) mass is 199 g/mol. The van der Waals surface area contributed by atoms with Crippen LogP contribution in [0.25, 0.3) is 0 Å². The van der Waals surface area contributed by atoms with Crippen LogP contribution in [-0.4, -0.2) is 13.2 Å². The van der Waals surface area contributed by atoms with Gasteiger partial charge in [0.2, 0.25) is 0 Å². The minimum atomic E-state index is -0.131. The molecule has 72 valence electrons. The third-order valence-electron chi connectivity index (χ3n) is 1.94. The summed E-state index contributed by atoms with van der Waals surface area (Å²) in [5.74, 6) is 0. The van der Waals surface area contributed by atoms with Gasteiger partial charge in [-0.1, -0.05) is 29.8 Å². The van der Waals surface area contributed by atoms with Gasteiger partial charge in [0.25, 0.3) is 0 Å². The Bertz CT molecular complexity index is 275. The molecule has 0 aliphatic carbocycles. The predicted octanol–water partition coefficient (Wildman–Crippen LogP) is 2.37. The van der Waals surface area contributed by atoms with Gasteiger partial charge in [-0.25, -0.2) is 0 Å². The zero-order valence-electron chi connectivity index (χ0n) is 7.83. The molecule has 0 amide bonds. The molecular formula is C10H14ClNO. The van der Waals surface area contributed by atoms with Crippen LogP contribution < -0.4 is 5.73 Å². The van der Waals surface area contributed by atoms with Crippen molar-refractivity contribution < 1.29 is 4.74 Å². The quantitative estimate of drug-likeness (QED) is 0.812. The van der Waals surface area contributed by atoms with Crippen LogP contribution in [0.5, 0.6) is 0 Å². The molecule has 0 radical (unpaired) electrons. The first kappa shape index (κ1) is 10.5. The Hall–Kier alpha value is -0.570. The molecule has 13 heavy (non-hydrogen) atoms. The van der Waals surface area contributed by atoms with E-state index in [2.05, 4.69) is 0 Å². The highest BCUT2D eigenvalue weighted by Crippen LogP contribution is 2.26. The van der Waals surface area contributed by atoms with E-state index in [1.165, 1.54) is 0 Å². The molecule has 1 aromatic rings. The second-order valence-electron chi connectivity index (χ2n) is 3.04. The van der Waals surface area contributed by atoms with Crippen molar-refractivity contribution in [1.82, 2.24) is 0 Å². The fourth-order valence-corrected chi connectivity index (χ4v) is 1.57. The summed E-state index contributed by atoms with van der Waals surface area (Å²) < 4.78 is 5.27. The van der Waals surface area contributed by atoms with E-state index >= 15 is 0 Å². The molecule has 2 atom stereocenters. The lowest BCUT2D eigenvalue weighted by molar-refractivity contribution is 0.0854. The molecule has 0 aromatic heterocycles. The van der Waals surface area contributed by atoms with E-state index in [-0.39, 0.29) is 12.1 Å². The number of halogens is 1. The lowest BCUT2D eigenvalue weighted by Crippen LogP contribution is -2.26. The molecule has 0 aliphatic rings. The summed E-state index contributed by atoms with van der Waals surface area (Å²) in [5, 5.41) is 0.701.